The summed E-state index contributed by atoms with van der Waals surface area (Å²) in [6.45, 7) is 1.66. The molecule has 3 N–H and O–H groups in total. The van der Waals surface area contributed by atoms with E-state index in [1.807, 2.05) is 60.7 Å². The van der Waals surface area contributed by atoms with E-state index in [1.54, 1.807) is 12.4 Å². The predicted molar refractivity (Wildman–Crippen MR) is 125 cm³/mol. The third-order valence-corrected chi connectivity index (χ3v) is 5.60. The number of benzene rings is 1. The van der Waals surface area contributed by atoms with Gasteiger partial charge in [0.25, 0.3) is 0 Å². The fourth-order valence-electron chi connectivity index (χ4n) is 3.43. The zero-order chi connectivity index (χ0) is 21.9. The first kappa shape index (κ1) is 23.1. The monoisotopic (exact) mass is 482 g/mol. The van der Waals surface area contributed by atoms with Crippen LogP contribution < -0.4 is 10.6 Å². The molecule has 6 nitrogen and oxygen atoms in total. The van der Waals surface area contributed by atoms with Crippen LogP contribution in [0.5, 0.6) is 0 Å². The quantitative estimate of drug-likeness (QED) is 0.341. The van der Waals surface area contributed by atoms with Gasteiger partial charge in [0.2, 0.25) is 0 Å². The summed E-state index contributed by atoms with van der Waals surface area (Å²) in [5.74, 6) is -1.45. The summed E-state index contributed by atoms with van der Waals surface area (Å²) in [6, 6.07) is 19.1. The molecule has 0 radical (unpaired) electrons. The van der Waals surface area contributed by atoms with Gasteiger partial charge in [0.05, 0.1) is 5.92 Å². The van der Waals surface area contributed by atoms with Crippen LogP contribution in [0, 0.1) is 5.92 Å². The Hall–Kier alpha value is -2.61. The Morgan fingerprint density at radius 1 is 0.903 bits per heavy atom. The van der Waals surface area contributed by atoms with E-state index in [4.69, 9.17) is 0 Å². The van der Waals surface area contributed by atoms with Crippen molar-refractivity contribution in [1.82, 2.24) is 20.6 Å². The molecule has 0 saturated heterocycles. The lowest BCUT2D eigenvalue weighted by atomic mass is 9.92. The molecule has 3 rings (SSSR count). The molecule has 0 spiro atoms. The van der Waals surface area contributed by atoms with Crippen LogP contribution in [0.3, 0.4) is 0 Å². The molecule has 2 aromatic heterocycles. The average Bonchev–Trinajstić information content (AvgIpc) is 2.79. The third kappa shape index (κ3) is 7.54. The highest BCUT2D eigenvalue weighted by Crippen LogP contribution is 2.24. The van der Waals surface area contributed by atoms with Crippen LogP contribution in [0.1, 0.15) is 23.0 Å². The molecular weight excluding hydrogens is 456 g/mol. The maximum Gasteiger partial charge on any atom is 0.309 e. The number of rotatable bonds is 12. The minimum atomic E-state index is -0.830. The van der Waals surface area contributed by atoms with Gasteiger partial charge in [-0.1, -0.05) is 40.2 Å². The Kier molecular flexibility index (Phi) is 9.15. The third-order valence-electron chi connectivity index (χ3n) is 5.07. The summed E-state index contributed by atoms with van der Waals surface area (Å²) in [5.41, 5.74) is 2.91. The Balaban J connectivity index is 1.64. The summed E-state index contributed by atoms with van der Waals surface area (Å²) in [7, 11) is 0. The number of nitrogens with zero attached hydrogens (tertiary/aromatic N) is 2. The minimum absolute atomic E-state index is 0.323. The molecule has 0 fully saturated rings. The second-order valence-electron chi connectivity index (χ2n) is 7.27. The van der Waals surface area contributed by atoms with Crippen molar-refractivity contribution in [3.8, 4) is 0 Å². The topological polar surface area (TPSA) is 87.1 Å². The van der Waals surface area contributed by atoms with Crippen LogP contribution in [0.4, 0.5) is 0 Å². The molecule has 2 atom stereocenters. The van der Waals surface area contributed by atoms with Crippen molar-refractivity contribution in [3.63, 3.8) is 0 Å². The molecule has 0 aliphatic rings. The second-order valence-corrected chi connectivity index (χ2v) is 8.19. The van der Waals surface area contributed by atoms with E-state index in [-0.39, 0.29) is 6.04 Å². The number of hydrogen-bond acceptors (Lipinski definition) is 5. The average molecular weight is 483 g/mol. The van der Waals surface area contributed by atoms with E-state index in [0.717, 1.165) is 34.3 Å². The molecule has 0 aliphatic carbocycles. The SMILES string of the molecule is O=C(O)C(CNCCc1ccccn1)C(NCCc1ccccn1)c1ccc(Br)cc1. The fraction of sp³-hybridized carbons (Fsp3) is 0.292. The summed E-state index contributed by atoms with van der Waals surface area (Å²) >= 11 is 3.45. The Morgan fingerprint density at radius 3 is 2.06 bits per heavy atom. The second kappa shape index (κ2) is 12.3. The normalized spacial score (nSPS) is 12.9. The molecule has 0 bridgehead atoms. The van der Waals surface area contributed by atoms with Crippen LogP contribution in [0.2, 0.25) is 0 Å². The van der Waals surface area contributed by atoms with Gasteiger partial charge in [-0.2, -0.15) is 0 Å². The highest BCUT2D eigenvalue weighted by atomic mass is 79.9. The van der Waals surface area contributed by atoms with Crippen molar-refractivity contribution >= 4 is 21.9 Å². The van der Waals surface area contributed by atoms with E-state index in [1.165, 1.54) is 0 Å². The standard InChI is InChI=1S/C24H27BrN4O2/c25-19-9-7-18(8-10-19)23(29-16-12-21-6-2-4-14-28-21)22(24(30)31)17-26-15-11-20-5-1-3-13-27-20/h1-10,13-14,22-23,26,29H,11-12,15-17H2,(H,30,31). The number of carboxylic acids is 1. The van der Waals surface area contributed by atoms with Crippen LogP contribution in [-0.2, 0) is 17.6 Å². The van der Waals surface area contributed by atoms with Gasteiger partial charge in [-0.25, -0.2) is 0 Å². The fourth-order valence-corrected chi connectivity index (χ4v) is 3.70. The number of carboxylic acid groups (broad SMARTS) is 1. The largest absolute Gasteiger partial charge is 0.481 e. The zero-order valence-corrected chi connectivity index (χ0v) is 18.8. The van der Waals surface area contributed by atoms with Gasteiger partial charge in [0, 0.05) is 66.8 Å². The Bertz CT molecular complexity index is 923. The van der Waals surface area contributed by atoms with Crippen LogP contribution in [-0.4, -0.2) is 40.7 Å². The van der Waals surface area contributed by atoms with Gasteiger partial charge in [0.1, 0.15) is 0 Å². The van der Waals surface area contributed by atoms with E-state index < -0.39 is 11.9 Å². The van der Waals surface area contributed by atoms with Crippen molar-refractivity contribution in [2.24, 2.45) is 5.92 Å². The molecule has 0 amide bonds. The van der Waals surface area contributed by atoms with E-state index >= 15 is 0 Å². The molecule has 1 aromatic carbocycles. The Labute approximate surface area is 191 Å². The Morgan fingerprint density at radius 2 is 1.52 bits per heavy atom. The van der Waals surface area contributed by atoms with Crippen LogP contribution >= 0.6 is 15.9 Å². The van der Waals surface area contributed by atoms with Crippen molar-refractivity contribution in [2.75, 3.05) is 19.6 Å². The summed E-state index contributed by atoms with van der Waals surface area (Å²) in [5, 5.41) is 16.7. The lowest BCUT2D eigenvalue weighted by Gasteiger charge is -2.26. The van der Waals surface area contributed by atoms with Gasteiger partial charge in [-0.3, -0.25) is 14.8 Å². The van der Waals surface area contributed by atoms with Gasteiger partial charge in [0.15, 0.2) is 0 Å². The summed E-state index contributed by atoms with van der Waals surface area (Å²) < 4.78 is 0.962. The molecule has 31 heavy (non-hydrogen) atoms. The smallest absolute Gasteiger partial charge is 0.309 e. The number of nitrogens with one attached hydrogen (secondary N) is 2. The molecule has 2 heterocycles. The van der Waals surface area contributed by atoms with Gasteiger partial charge in [-0.05, 0) is 42.0 Å². The number of halogens is 1. The number of pyridine rings is 2. The number of aliphatic carboxylic acids is 1. The first-order valence-electron chi connectivity index (χ1n) is 10.4. The van der Waals surface area contributed by atoms with Gasteiger partial charge in [-0.15, -0.1) is 0 Å². The van der Waals surface area contributed by atoms with E-state index in [2.05, 4.69) is 36.5 Å². The summed E-state index contributed by atoms with van der Waals surface area (Å²) in [6.07, 6.45) is 5.02. The lowest BCUT2D eigenvalue weighted by Crippen LogP contribution is -2.40. The van der Waals surface area contributed by atoms with Crippen molar-refractivity contribution in [1.29, 1.82) is 0 Å². The highest BCUT2D eigenvalue weighted by Gasteiger charge is 2.29. The highest BCUT2D eigenvalue weighted by molar-refractivity contribution is 9.10. The van der Waals surface area contributed by atoms with Crippen LogP contribution in [0.15, 0.2) is 77.5 Å². The zero-order valence-electron chi connectivity index (χ0n) is 17.2. The minimum Gasteiger partial charge on any atom is -0.481 e. The number of carbonyl (C=O) groups is 1. The molecule has 0 saturated carbocycles. The molecule has 2 unspecified atom stereocenters. The molecule has 162 valence electrons. The van der Waals surface area contributed by atoms with E-state index in [0.29, 0.717) is 19.6 Å². The van der Waals surface area contributed by atoms with Crippen molar-refractivity contribution < 1.29 is 9.90 Å². The maximum atomic E-state index is 12.2. The first-order chi connectivity index (χ1) is 15.1. The van der Waals surface area contributed by atoms with Crippen LogP contribution in [0.25, 0.3) is 0 Å². The predicted octanol–water partition coefficient (Wildman–Crippen LogP) is 3.65. The first-order valence-corrected chi connectivity index (χ1v) is 11.1. The number of aromatic nitrogens is 2. The molecular formula is C24H27BrN4O2. The molecule has 7 heteroatoms. The maximum absolute atomic E-state index is 12.2. The van der Waals surface area contributed by atoms with E-state index in [9.17, 15) is 9.90 Å². The molecule has 0 aliphatic heterocycles. The van der Waals surface area contributed by atoms with Crippen molar-refractivity contribution in [3.05, 3.63) is 94.5 Å². The van der Waals surface area contributed by atoms with Gasteiger partial charge >= 0.3 is 5.97 Å². The summed E-state index contributed by atoms with van der Waals surface area (Å²) in [4.78, 5) is 20.8. The number of hydrogen-bond donors (Lipinski definition) is 3. The lowest BCUT2D eigenvalue weighted by molar-refractivity contribution is -0.142. The van der Waals surface area contributed by atoms with Crippen molar-refractivity contribution in [2.45, 2.75) is 18.9 Å². The van der Waals surface area contributed by atoms with Gasteiger partial charge < -0.3 is 15.7 Å². The molecule has 3 aromatic rings.